The van der Waals surface area contributed by atoms with Crippen LogP contribution in [-0.4, -0.2) is 34.0 Å². The van der Waals surface area contributed by atoms with Gasteiger partial charge in [-0.25, -0.2) is 0 Å². The van der Waals surface area contributed by atoms with Gasteiger partial charge in [-0.05, 0) is 55.6 Å². The van der Waals surface area contributed by atoms with Crippen LogP contribution in [0, 0.1) is 12.8 Å². The molecule has 1 aromatic carbocycles. The zero-order chi connectivity index (χ0) is 16.2. The molecule has 0 bridgehead atoms. The van der Waals surface area contributed by atoms with E-state index in [9.17, 15) is 9.90 Å². The third kappa shape index (κ3) is 3.42. The van der Waals surface area contributed by atoms with Crippen molar-refractivity contribution in [1.82, 2.24) is 9.88 Å². The number of carbonyl (C=O) groups is 1. The average molecular weight is 310 g/mol. The van der Waals surface area contributed by atoms with Crippen LogP contribution in [0.4, 0.5) is 0 Å². The first-order valence-corrected chi connectivity index (χ1v) is 8.09. The van der Waals surface area contributed by atoms with E-state index >= 15 is 0 Å². The fourth-order valence-corrected chi connectivity index (χ4v) is 3.42. The largest absolute Gasteiger partial charge is 0.481 e. The number of aryl methyl sites for hydroxylation is 1. The lowest BCUT2D eigenvalue weighted by Crippen LogP contribution is -2.39. The number of likely N-dealkylation sites (tertiary alicyclic amines) is 1. The molecule has 4 nitrogen and oxygen atoms in total. The molecule has 1 aliphatic heterocycles. The highest BCUT2D eigenvalue weighted by atomic mass is 16.4. The van der Waals surface area contributed by atoms with Gasteiger partial charge in [-0.15, -0.1) is 0 Å². The fourth-order valence-electron chi connectivity index (χ4n) is 3.42. The summed E-state index contributed by atoms with van der Waals surface area (Å²) < 4.78 is 0. The molecule has 0 spiro atoms. The molecule has 4 heteroatoms. The Kier molecular flexibility index (Phi) is 4.72. The molecule has 1 unspecified atom stereocenters. The molecule has 1 aliphatic rings. The molecule has 0 aliphatic carbocycles. The zero-order valence-electron chi connectivity index (χ0n) is 13.4. The Morgan fingerprint density at radius 2 is 1.96 bits per heavy atom. The number of rotatable bonds is 4. The van der Waals surface area contributed by atoms with Gasteiger partial charge in [-0.2, -0.15) is 0 Å². The van der Waals surface area contributed by atoms with Gasteiger partial charge in [-0.1, -0.05) is 30.3 Å². The van der Waals surface area contributed by atoms with Crippen molar-refractivity contribution in [3.05, 3.63) is 65.5 Å². The number of benzene rings is 1. The van der Waals surface area contributed by atoms with Crippen molar-refractivity contribution in [2.75, 3.05) is 13.1 Å². The molecule has 1 saturated heterocycles. The van der Waals surface area contributed by atoms with Crippen molar-refractivity contribution in [3.8, 4) is 0 Å². The van der Waals surface area contributed by atoms with E-state index in [1.807, 2.05) is 12.3 Å². The fraction of sp³-hybridized carbons (Fsp3) is 0.368. The quantitative estimate of drug-likeness (QED) is 0.941. The highest BCUT2D eigenvalue weighted by Crippen LogP contribution is 2.33. The molecular formula is C19H22N2O2. The van der Waals surface area contributed by atoms with Crippen LogP contribution in [0.2, 0.25) is 0 Å². The molecule has 2 heterocycles. The van der Waals surface area contributed by atoms with Crippen LogP contribution in [0.25, 0.3) is 0 Å². The number of carboxylic acids is 1. The summed E-state index contributed by atoms with van der Waals surface area (Å²) in [5, 5.41) is 9.21. The maximum atomic E-state index is 11.2. The number of nitrogens with zero attached hydrogens (tertiary/aromatic N) is 2. The van der Waals surface area contributed by atoms with Crippen molar-refractivity contribution in [3.63, 3.8) is 0 Å². The van der Waals surface area contributed by atoms with E-state index < -0.39 is 5.97 Å². The third-order valence-electron chi connectivity index (χ3n) is 4.73. The van der Waals surface area contributed by atoms with Crippen molar-refractivity contribution >= 4 is 5.97 Å². The van der Waals surface area contributed by atoms with Gasteiger partial charge < -0.3 is 5.11 Å². The topological polar surface area (TPSA) is 53.4 Å². The van der Waals surface area contributed by atoms with Gasteiger partial charge in [0.15, 0.2) is 0 Å². The van der Waals surface area contributed by atoms with Gasteiger partial charge in [0.05, 0.1) is 12.0 Å². The lowest BCUT2D eigenvalue weighted by atomic mass is 9.90. The molecule has 2 aromatic rings. The SMILES string of the molecule is Cc1ccccc1C(c1cccnc1)N1CCC(C(=O)O)CC1. The molecule has 3 rings (SSSR count). The molecule has 0 amide bonds. The Morgan fingerprint density at radius 1 is 1.22 bits per heavy atom. The number of pyridine rings is 1. The van der Waals surface area contributed by atoms with E-state index in [1.165, 1.54) is 11.1 Å². The molecular weight excluding hydrogens is 288 g/mol. The first-order valence-electron chi connectivity index (χ1n) is 8.09. The molecule has 0 saturated carbocycles. The summed E-state index contributed by atoms with van der Waals surface area (Å²) in [7, 11) is 0. The maximum absolute atomic E-state index is 11.2. The summed E-state index contributed by atoms with van der Waals surface area (Å²) >= 11 is 0. The highest BCUT2D eigenvalue weighted by molar-refractivity contribution is 5.70. The lowest BCUT2D eigenvalue weighted by molar-refractivity contribution is -0.143. The average Bonchev–Trinajstić information content (AvgIpc) is 2.58. The summed E-state index contributed by atoms with van der Waals surface area (Å²) in [5.41, 5.74) is 3.69. The minimum absolute atomic E-state index is 0.139. The van der Waals surface area contributed by atoms with Crippen LogP contribution in [0.3, 0.4) is 0 Å². The lowest BCUT2D eigenvalue weighted by Gasteiger charge is -2.37. The Bertz CT molecular complexity index is 664. The van der Waals surface area contributed by atoms with E-state index in [0.717, 1.165) is 18.7 Å². The van der Waals surface area contributed by atoms with Gasteiger partial charge in [0.2, 0.25) is 0 Å². The zero-order valence-corrected chi connectivity index (χ0v) is 13.4. The number of carboxylic acid groups (broad SMARTS) is 1. The second-order valence-electron chi connectivity index (χ2n) is 6.19. The maximum Gasteiger partial charge on any atom is 0.306 e. The Labute approximate surface area is 136 Å². The monoisotopic (exact) mass is 310 g/mol. The molecule has 0 radical (unpaired) electrons. The molecule has 23 heavy (non-hydrogen) atoms. The molecule has 1 N–H and O–H groups in total. The van der Waals surface area contributed by atoms with Crippen LogP contribution in [0.5, 0.6) is 0 Å². The summed E-state index contributed by atoms with van der Waals surface area (Å²) in [5.74, 6) is -0.879. The van der Waals surface area contributed by atoms with E-state index in [4.69, 9.17) is 0 Å². The second kappa shape index (κ2) is 6.92. The van der Waals surface area contributed by atoms with E-state index in [2.05, 4.69) is 47.1 Å². The Morgan fingerprint density at radius 3 is 2.57 bits per heavy atom. The van der Waals surface area contributed by atoms with Crippen LogP contribution in [0.1, 0.15) is 35.6 Å². The highest BCUT2D eigenvalue weighted by Gasteiger charge is 2.30. The van der Waals surface area contributed by atoms with Crippen LogP contribution < -0.4 is 0 Å². The molecule has 120 valence electrons. The summed E-state index contributed by atoms with van der Waals surface area (Å²) in [6.07, 6.45) is 5.12. The minimum Gasteiger partial charge on any atom is -0.481 e. The number of aliphatic carboxylic acids is 1. The Hall–Kier alpha value is -2.20. The van der Waals surface area contributed by atoms with Crippen LogP contribution >= 0.6 is 0 Å². The summed E-state index contributed by atoms with van der Waals surface area (Å²) in [6, 6.07) is 12.6. The van der Waals surface area contributed by atoms with Gasteiger partial charge in [-0.3, -0.25) is 14.7 Å². The standard InChI is InChI=1S/C19H22N2O2/c1-14-5-2-3-7-17(14)18(16-6-4-10-20-13-16)21-11-8-15(9-12-21)19(22)23/h2-7,10,13,15,18H,8-9,11-12H2,1H3,(H,22,23). The van der Waals surface area contributed by atoms with E-state index in [1.54, 1.807) is 6.20 Å². The number of hydrogen-bond donors (Lipinski definition) is 1. The second-order valence-corrected chi connectivity index (χ2v) is 6.19. The number of hydrogen-bond acceptors (Lipinski definition) is 3. The predicted octanol–water partition coefficient (Wildman–Crippen LogP) is 3.28. The molecule has 1 fully saturated rings. The van der Waals surface area contributed by atoms with E-state index in [-0.39, 0.29) is 12.0 Å². The Balaban J connectivity index is 1.91. The minimum atomic E-state index is -0.668. The van der Waals surface area contributed by atoms with Gasteiger partial charge in [0, 0.05) is 12.4 Å². The van der Waals surface area contributed by atoms with Gasteiger partial charge in [0.25, 0.3) is 0 Å². The van der Waals surface area contributed by atoms with Crippen molar-refractivity contribution < 1.29 is 9.90 Å². The van der Waals surface area contributed by atoms with Crippen molar-refractivity contribution in [2.45, 2.75) is 25.8 Å². The van der Waals surface area contributed by atoms with Crippen molar-refractivity contribution in [1.29, 1.82) is 0 Å². The van der Waals surface area contributed by atoms with Gasteiger partial charge in [0.1, 0.15) is 0 Å². The summed E-state index contributed by atoms with van der Waals surface area (Å²) in [6.45, 7) is 3.72. The first kappa shape index (κ1) is 15.7. The smallest absolute Gasteiger partial charge is 0.306 e. The van der Waals surface area contributed by atoms with Crippen molar-refractivity contribution in [2.24, 2.45) is 5.92 Å². The molecule has 1 aromatic heterocycles. The van der Waals surface area contributed by atoms with Crippen LogP contribution in [0.15, 0.2) is 48.8 Å². The molecule has 1 atom stereocenters. The number of aromatic nitrogens is 1. The predicted molar refractivity (Wildman–Crippen MR) is 89.2 cm³/mol. The van der Waals surface area contributed by atoms with Crippen LogP contribution in [-0.2, 0) is 4.79 Å². The normalized spacial score (nSPS) is 17.8. The number of piperidine rings is 1. The van der Waals surface area contributed by atoms with E-state index in [0.29, 0.717) is 12.8 Å². The van der Waals surface area contributed by atoms with Gasteiger partial charge >= 0.3 is 5.97 Å². The summed E-state index contributed by atoms with van der Waals surface area (Å²) in [4.78, 5) is 17.9. The first-order chi connectivity index (χ1) is 11.2. The third-order valence-corrected chi connectivity index (χ3v) is 4.73.